The first-order chi connectivity index (χ1) is 7.74. The van der Waals surface area contributed by atoms with Crippen LogP contribution in [-0.4, -0.2) is 32.8 Å². The van der Waals surface area contributed by atoms with Crippen molar-refractivity contribution < 1.29 is 10.2 Å². The maximum atomic E-state index is 9.98. The lowest BCUT2D eigenvalue weighted by atomic mass is 10.0. The zero-order valence-corrected chi connectivity index (χ0v) is 8.80. The molecule has 0 saturated carbocycles. The van der Waals surface area contributed by atoms with Gasteiger partial charge in [-0.15, -0.1) is 0 Å². The van der Waals surface area contributed by atoms with E-state index in [0.29, 0.717) is 24.0 Å². The first kappa shape index (κ1) is 11.1. The number of aromatic amines is 1. The highest BCUT2D eigenvalue weighted by Crippen LogP contribution is 2.24. The van der Waals surface area contributed by atoms with Crippen LogP contribution in [0.2, 0.25) is 0 Å². The number of aliphatic hydroxyl groups excluding tert-OH is 2. The van der Waals surface area contributed by atoms with Crippen molar-refractivity contribution in [2.75, 3.05) is 6.54 Å². The van der Waals surface area contributed by atoms with Crippen molar-refractivity contribution in [1.82, 2.24) is 9.97 Å². The molecule has 5 heteroatoms. The van der Waals surface area contributed by atoms with Crippen molar-refractivity contribution in [3.05, 3.63) is 30.1 Å². The molecular weight excluding hydrogens is 206 g/mol. The Morgan fingerprint density at radius 2 is 2.19 bits per heavy atom. The number of hydrogen-bond acceptors (Lipinski definition) is 4. The second kappa shape index (κ2) is 4.61. The summed E-state index contributed by atoms with van der Waals surface area (Å²) in [5.74, 6) is 0. The van der Waals surface area contributed by atoms with Crippen LogP contribution in [-0.2, 0) is 0 Å². The number of aromatic nitrogens is 2. The Morgan fingerprint density at radius 3 is 2.94 bits per heavy atom. The van der Waals surface area contributed by atoms with E-state index in [9.17, 15) is 10.2 Å². The van der Waals surface area contributed by atoms with Gasteiger partial charge in [0.15, 0.2) is 0 Å². The monoisotopic (exact) mass is 221 g/mol. The summed E-state index contributed by atoms with van der Waals surface area (Å²) in [4.78, 5) is 7.08. The molecule has 0 bridgehead atoms. The van der Waals surface area contributed by atoms with E-state index in [1.165, 1.54) is 0 Å². The van der Waals surface area contributed by atoms with Crippen LogP contribution in [0.25, 0.3) is 11.0 Å². The van der Waals surface area contributed by atoms with Crippen LogP contribution < -0.4 is 5.73 Å². The minimum atomic E-state index is -0.949. The van der Waals surface area contributed by atoms with Crippen molar-refractivity contribution in [2.24, 2.45) is 5.73 Å². The summed E-state index contributed by atoms with van der Waals surface area (Å²) in [5, 5.41) is 19.7. The van der Waals surface area contributed by atoms with Gasteiger partial charge in [0.25, 0.3) is 0 Å². The standard InChI is InChI=1S/C11H15N3O2/c12-5-4-9(15)11(16)7-2-1-3-8-10(7)14-6-13-8/h1-3,6,9,11,15-16H,4-5,12H2,(H,13,14). The third-order valence-electron chi connectivity index (χ3n) is 2.63. The average Bonchev–Trinajstić information content (AvgIpc) is 2.76. The molecule has 0 fully saturated rings. The first-order valence-electron chi connectivity index (χ1n) is 5.22. The van der Waals surface area contributed by atoms with Crippen molar-refractivity contribution >= 4 is 11.0 Å². The molecular formula is C11H15N3O2. The number of nitrogens with one attached hydrogen (secondary N) is 1. The quantitative estimate of drug-likeness (QED) is 0.597. The van der Waals surface area contributed by atoms with E-state index in [-0.39, 0.29) is 0 Å². The van der Waals surface area contributed by atoms with Gasteiger partial charge in [0.1, 0.15) is 6.10 Å². The SMILES string of the molecule is NCCC(O)C(O)c1cccc2[nH]cnc12. The molecule has 0 aliphatic carbocycles. The lowest BCUT2D eigenvalue weighted by molar-refractivity contribution is 0.0158. The number of imidazole rings is 1. The van der Waals surface area contributed by atoms with Gasteiger partial charge >= 0.3 is 0 Å². The fraction of sp³-hybridized carbons (Fsp3) is 0.364. The lowest BCUT2D eigenvalue weighted by Crippen LogP contribution is -2.22. The number of fused-ring (bicyclic) bond motifs is 1. The maximum Gasteiger partial charge on any atom is 0.107 e. The van der Waals surface area contributed by atoms with E-state index in [1.807, 2.05) is 12.1 Å². The van der Waals surface area contributed by atoms with Gasteiger partial charge in [-0.1, -0.05) is 12.1 Å². The van der Waals surface area contributed by atoms with Gasteiger partial charge in [-0.2, -0.15) is 0 Å². The fourth-order valence-electron chi connectivity index (χ4n) is 1.76. The highest BCUT2D eigenvalue weighted by atomic mass is 16.3. The molecule has 2 rings (SSSR count). The highest BCUT2D eigenvalue weighted by molar-refractivity contribution is 5.78. The molecule has 2 aromatic rings. The van der Waals surface area contributed by atoms with Crippen molar-refractivity contribution in [2.45, 2.75) is 18.6 Å². The second-order valence-corrected chi connectivity index (χ2v) is 3.74. The van der Waals surface area contributed by atoms with Crippen LogP contribution in [0.4, 0.5) is 0 Å². The molecule has 1 heterocycles. The predicted molar refractivity (Wildman–Crippen MR) is 60.7 cm³/mol. The number of H-pyrrole nitrogens is 1. The molecule has 0 aliphatic rings. The first-order valence-corrected chi connectivity index (χ1v) is 5.22. The van der Waals surface area contributed by atoms with E-state index in [1.54, 1.807) is 12.4 Å². The van der Waals surface area contributed by atoms with Crippen LogP contribution in [0, 0.1) is 0 Å². The molecule has 0 spiro atoms. The molecule has 1 aromatic carbocycles. The van der Waals surface area contributed by atoms with Crippen LogP contribution in [0.3, 0.4) is 0 Å². The molecule has 5 nitrogen and oxygen atoms in total. The minimum absolute atomic E-state index is 0.342. The molecule has 0 radical (unpaired) electrons. The Kier molecular flexibility index (Phi) is 3.19. The third kappa shape index (κ3) is 1.92. The van der Waals surface area contributed by atoms with E-state index in [0.717, 1.165) is 5.52 Å². The average molecular weight is 221 g/mol. The molecule has 5 N–H and O–H groups in total. The molecule has 0 saturated heterocycles. The van der Waals surface area contributed by atoms with Gasteiger partial charge in [0.05, 0.1) is 23.5 Å². The smallest absolute Gasteiger partial charge is 0.107 e. The third-order valence-corrected chi connectivity index (χ3v) is 2.63. The van der Waals surface area contributed by atoms with Gasteiger partial charge < -0.3 is 20.9 Å². The van der Waals surface area contributed by atoms with Gasteiger partial charge in [-0.25, -0.2) is 4.98 Å². The van der Waals surface area contributed by atoms with E-state index >= 15 is 0 Å². The van der Waals surface area contributed by atoms with Crippen molar-refractivity contribution in [1.29, 1.82) is 0 Å². The molecule has 0 aliphatic heterocycles. The summed E-state index contributed by atoms with van der Waals surface area (Å²) in [5.41, 5.74) is 7.50. The number of nitrogens with two attached hydrogens (primary N) is 1. The van der Waals surface area contributed by atoms with Crippen molar-refractivity contribution in [3.63, 3.8) is 0 Å². The van der Waals surface area contributed by atoms with Gasteiger partial charge in [0.2, 0.25) is 0 Å². The number of hydrogen-bond donors (Lipinski definition) is 4. The molecule has 0 amide bonds. The Hall–Kier alpha value is -1.43. The molecule has 1 aromatic heterocycles. The molecule has 2 atom stereocenters. The predicted octanol–water partition coefficient (Wildman–Crippen LogP) is 0.306. The number of benzene rings is 1. The topological polar surface area (TPSA) is 95.2 Å². The van der Waals surface area contributed by atoms with Crippen LogP contribution in [0.5, 0.6) is 0 Å². The van der Waals surface area contributed by atoms with Crippen LogP contribution in [0.15, 0.2) is 24.5 Å². The largest absolute Gasteiger partial charge is 0.390 e. The van der Waals surface area contributed by atoms with Gasteiger partial charge in [-0.05, 0) is 19.0 Å². The summed E-state index contributed by atoms with van der Waals surface area (Å²) in [7, 11) is 0. The summed E-state index contributed by atoms with van der Waals surface area (Å²) < 4.78 is 0. The van der Waals surface area contributed by atoms with Crippen molar-refractivity contribution in [3.8, 4) is 0 Å². The summed E-state index contributed by atoms with van der Waals surface area (Å²) >= 11 is 0. The van der Waals surface area contributed by atoms with Gasteiger partial charge in [-0.3, -0.25) is 0 Å². The Bertz CT molecular complexity index is 469. The minimum Gasteiger partial charge on any atom is -0.390 e. The number of nitrogens with zero attached hydrogens (tertiary/aromatic N) is 1. The number of para-hydroxylation sites is 1. The summed E-state index contributed by atoms with van der Waals surface area (Å²) in [6.07, 6.45) is 0.126. The van der Waals surface area contributed by atoms with E-state index < -0.39 is 12.2 Å². The number of rotatable bonds is 4. The Balaban J connectivity index is 2.35. The van der Waals surface area contributed by atoms with Crippen LogP contribution in [0.1, 0.15) is 18.1 Å². The molecule has 16 heavy (non-hydrogen) atoms. The zero-order valence-electron chi connectivity index (χ0n) is 8.80. The Labute approximate surface area is 92.9 Å². The van der Waals surface area contributed by atoms with Crippen LogP contribution >= 0.6 is 0 Å². The zero-order chi connectivity index (χ0) is 11.5. The fourth-order valence-corrected chi connectivity index (χ4v) is 1.76. The summed E-state index contributed by atoms with van der Waals surface area (Å²) in [6.45, 7) is 0.342. The van der Waals surface area contributed by atoms with Gasteiger partial charge in [0, 0.05) is 5.56 Å². The summed E-state index contributed by atoms with van der Waals surface area (Å²) in [6, 6.07) is 5.44. The lowest BCUT2D eigenvalue weighted by Gasteiger charge is -2.17. The second-order valence-electron chi connectivity index (χ2n) is 3.74. The molecule has 2 unspecified atom stereocenters. The molecule has 86 valence electrons. The van der Waals surface area contributed by atoms with E-state index in [2.05, 4.69) is 9.97 Å². The van der Waals surface area contributed by atoms with E-state index in [4.69, 9.17) is 5.73 Å². The maximum absolute atomic E-state index is 9.98. The Morgan fingerprint density at radius 1 is 1.38 bits per heavy atom. The number of aliphatic hydroxyl groups is 2. The normalized spacial score (nSPS) is 15.2. The highest BCUT2D eigenvalue weighted by Gasteiger charge is 2.20.